The van der Waals surface area contributed by atoms with Crippen molar-refractivity contribution in [3.8, 4) is 0 Å². The highest BCUT2D eigenvalue weighted by atomic mass is 32.2. The molecule has 0 bridgehead atoms. The number of nitrogens with two attached hydrogens (primary N) is 2. The topological polar surface area (TPSA) is 133 Å². The molecule has 4 N–H and O–H groups in total. The van der Waals surface area contributed by atoms with E-state index in [4.69, 9.17) is 11.5 Å². The Morgan fingerprint density at radius 2 is 1.93 bits per heavy atom. The fraction of sp³-hybridized carbons (Fsp3) is 0.312. The number of hydrogen-bond acceptors (Lipinski definition) is 7. The standard InChI is InChI=1S/C16H18FN7O2S/c17-10-3-5-12(6-4-10)27(25,26)24-7-1-2-11(24)8-23-9-20-13-14(18)21-16(19)22-15(13)23/h3-6,9,11H,1-2,7-8H2,(H4,18,19,21,22). The van der Waals surface area contributed by atoms with Crippen LogP contribution < -0.4 is 11.5 Å². The first kappa shape index (κ1) is 17.6. The molecule has 1 saturated heterocycles. The van der Waals surface area contributed by atoms with Crippen LogP contribution >= 0.6 is 0 Å². The second-order valence-electron chi connectivity index (χ2n) is 6.40. The highest BCUT2D eigenvalue weighted by Gasteiger charge is 2.35. The van der Waals surface area contributed by atoms with Crippen LogP contribution in [0.15, 0.2) is 35.5 Å². The molecule has 27 heavy (non-hydrogen) atoms. The maximum absolute atomic E-state index is 13.1. The van der Waals surface area contributed by atoms with E-state index < -0.39 is 15.8 Å². The van der Waals surface area contributed by atoms with Crippen LogP contribution in [-0.4, -0.2) is 44.8 Å². The molecule has 9 nitrogen and oxygen atoms in total. The third-order valence-corrected chi connectivity index (χ3v) is 6.62. The Hall–Kier alpha value is -2.79. The Morgan fingerprint density at radius 1 is 1.19 bits per heavy atom. The van der Waals surface area contributed by atoms with E-state index in [0.29, 0.717) is 30.7 Å². The van der Waals surface area contributed by atoms with Crippen LogP contribution in [0, 0.1) is 5.82 Å². The number of sulfonamides is 1. The van der Waals surface area contributed by atoms with Crippen molar-refractivity contribution in [2.75, 3.05) is 18.0 Å². The number of anilines is 2. The van der Waals surface area contributed by atoms with Crippen molar-refractivity contribution in [2.45, 2.75) is 30.3 Å². The van der Waals surface area contributed by atoms with Crippen LogP contribution in [-0.2, 0) is 16.6 Å². The summed E-state index contributed by atoms with van der Waals surface area (Å²) in [7, 11) is -3.73. The smallest absolute Gasteiger partial charge is 0.243 e. The summed E-state index contributed by atoms with van der Waals surface area (Å²) in [6.07, 6.45) is 2.98. The van der Waals surface area contributed by atoms with Crippen LogP contribution in [0.1, 0.15) is 12.8 Å². The Balaban J connectivity index is 1.65. The summed E-state index contributed by atoms with van der Waals surface area (Å²) in [6.45, 7) is 0.753. The molecule has 0 saturated carbocycles. The Bertz CT molecular complexity index is 1100. The molecule has 142 valence electrons. The van der Waals surface area contributed by atoms with E-state index in [0.717, 1.165) is 18.6 Å². The molecule has 3 aromatic rings. The van der Waals surface area contributed by atoms with E-state index in [1.807, 2.05) is 0 Å². The average Bonchev–Trinajstić information content (AvgIpc) is 3.24. The number of nitrogens with zero attached hydrogens (tertiary/aromatic N) is 5. The van der Waals surface area contributed by atoms with Gasteiger partial charge in [-0.05, 0) is 37.1 Å². The summed E-state index contributed by atoms with van der Waals surface area (Å²) < 4.78 is 42.3. The maximum atomic E-state index is 13.1. The number of imidazole rings is 1. The minimum atomic E-state index is -3.73. The van der Waals surface area contributed by atoms with E-state index >= 15 is 0 Å². The van der Waals surface area contributed by atoms with Crippen LogP contribution in [0.2, 0.25) is 0 Å². The van der Waals surface area contributed by atoms with Crippen LogP contribution in [0.3, 0.4) is 0 Å². The van der Waals surface area contributed by atoms with Crippen LogP contribution in [0.25, 0.3) is 11.2 Å². The zero-order valence-electron chi connectivity index (χ0n) is 14.3. The van der Waals surface area contributed by atoms with E-state index in [1.165, 1.54) is 16.4 Å². The van der Waals surface area contributed by atoms with Crippen molar-refractivity contribution in [2.24, 2.45) is 0 Å². The summed E-state index contributed by atoms with van der Waals surface area (Å²) in [5, 5.41) is 0. The number of aromatic nitrogens is 4. The molecule has 2 aromatic heterocycles. The van der Waals surface area contributed by atoms with Crippen molar-refractivity contribution in [1.29, 1.82) is 0 Å². The Kier molecular flexibility index (Phi) is 4.19. The van der Waals surface area contributed by atoms with Gasteiger partial charge in [0.25, 0.3) is 0 Å². The van der Waals surface area contributed by atoms with Crippen molar-refractivity contribution < 1.29 is 12.8 Å². The van der Waals surface area contributed by atoms with Gasteiger partial charge in [0, 0.05) is 19.1 Å². The van der Waals surface area contributed by atoms with Crippen molar-refractivity contribution in [3.05, 3.63) is 36.4 Å². The van der Waals surface area contributed by atoms with Gasteiger partial charge in [0.15, 0.2) is 11.5 Å². The molecule has 1 aliphatic rings. The van der Waals surface area contributed by atoms with Crippen molar-refractivity contribution >= 4 is 33.0 Å². The lowest BCUT2D eigenvalue weighted by atomic mass is 10.2. The molecular formula is C16H18FN7O2S. The third kappa shape index (κ3) is 3.08. The zero-order chi connectivity index (χ0) is 19.2. The first-order chi connectivity index (χ1) is 12.9. The molecule has 3 heterocycles. The molecule has 1 unspecified atom stereocenters. The SMILES string of the molecule is Nc1nc(N)c2ncn(CC3CCCN3S(=O)(=O)c3ccc(F)cc3)c2n1. The van der Waals surface area contributed by atoms with E-state index in [2.05, 4.69) is 15.0 Å². The molecular weight excluding hydrogens is 373 g/mol. The zero-order valence-corrected chi connectivity index (χ0v) is 15.1. The van der Waals surface area contributed by atoms with Gasteiger partial charge in [0.2, 0.25) is 16.0 Å². The summed E-state index contributed by atoms with van der Waals surface area (Å²) in [6, 6.07) is 4.56. The summed E-state index contributed by atoms with van der Waals surface area (Å²) >= 11 is 0. The van der Waals surface area contributed by atoms with Gasteiger partial charge in [-0.2, -0.15) is 14.3 Å². The Morgan fingerprint density at radius 3 is 2.67 bits per heavy atom. The number of halogens is 1. The predicted molar refractivity (Wildman–Crippen MR) is 97.5 cm³/mol. The number of nitrogen functional groups attached to an aromatic ring is 2. The van der Waals surface area contributed by atoms with Gasteiger partial charge in [0.05, 0.1) is 11.2 Å². The lowest BCUT2D eigenvalue weighted by Crippen LogP contribution is -2.38. The second kappa shape index (κ2) is 6.43. The molecule has 1 aromatic carbocycles. The van der Waals surface area contributed by atoms with Gasteiger partial charge in [0.1, 0.15) is 11.3 Å². The number of hydrogen-bond donors (Lipinski definition) is 2. The van der Waals surface area contributed by atoms with Gasteiger partial charge >= 0.3 is 0 Å². The van der Waals surface area contributed by atoms with Crippen LogP contribution in [0.4, 0.5) is 16.2 Å². The molecule has 1 fully saturated rings. The molecule has 4 rings (SSSR count). The molecule has 1 atom stereocenters. The molecule has 0 spiro atoms. The molecule has 0 aliphatic carbocycles. The lowest BCUT2D eigenvalue weighted by Gasteiger charge is -2.24. The van der Waals surface area contributed by atoms with Gasteiger partial charge in [-0.1, -0.05) is 0 Å². The minimum absolute atomic E-state index is 0.0314. The molecule has 0 amide bonds. The quantitative estimate of drug-likeness (QED) is 0.677. The van der Waals surface area contributed by atoms with Gasteiger partial charge in [-0.25, -0.2) is 17.8 Å². The summed E-state index contributed by atoms with van der Waals surface area (Å²) in [5.41, 5.74) is 12.4. The average molecular weight is 391 g/mol. The summed E-state index contributed by atoms with van der Waals surface area (Å²) in [4.78, 5) is 12.3. The van der Waals surface area contributed by atoms with E-state index in [1.54, 1.807) is 10.9 Å². The number of fused-ring (bicyclic) bond motifs is 1. The number of rotatable bonds is 4. The molecule has 0 radical (unpaired) electrons. The monoisotopic (exact) mass is 391 g/mol. The first-order valence-corrected chi connectivity index (χ1v) is 9.81. The summed E-state index contributed by atoms with van der Waals surface area (Å²) in [5.74, 6) is -0.269. The third-order valence-electron chi connectivity index (χ3n) is 4.66. The second-order valence-corrected chi connectivity index (χ2v) is 8.29. The largest absolute Gasteiger partial charge is 0.382 e. The maximum Gasteiger partial charge on any atom is 0.243 e. The van der Waals surface area contributed by atoms with Gasteiger partial charge < -0.3 is 16.0 Å². The fourth-order valence-electron chi connectivity index (χ4n) is 3.39. The van der Waals surface area contributed by atoms with E-state index in [-0.39, 0.29) is 22.7 Å². The van der Waals surface area contributed by atoms with Crippen LogP contribution in [0.5, 0.6) is 0 Å². The normalized spacial score (nSPS) is 18.3. The Labute approximate surface area is 154 Å². The fourth-order valence-corrected chi connectivity index (χ4v) is 5.08. The number of benzene rings is 1. The highest BCUT2D eigenvalue weighted by molar-refractivity contribution is 7.89. The first-order valence-electron chi connectivity index (χ1n) is 8.37. The van der Waals surface area contributed by atoms with Crippen molar-refractivity contribution in [1.82, 2.24) is 23.8 Å². The molecule has 11 heteroatoms. The van der Waals surface area contributed by atoms with Gasteiger partial charge in [-0.3, -0.25) is 0 Å². The van der Waals surface area contributed by atoms with Gasteiger partial charge in [-0.15, -0.1) is 0 Å². The predicted octanol–water partition coefficient (Wildman–Crippen LogP) is 0.983. The molecule has 1 aliphatic heterocycles. The lowest BCUT2D eigenvalue weighted by molar-refractivity contribution is 0.354. The highest BCUT2D eigenvalue weighted by Crippen LogP contribution is 2.28. The van der Waals surface area contributed by atoms with Crippen molar-refractivity contribution in [3.63, 3.8) is 0 Å². The van der Waals surface area contributed by atoms with E-state index in [9.17, 15) is 12.8 Å². The minimum Gasteiger partial charge on any atom is -0.382 e.